The second kappa shape index (κ2) is 7.69. The zero-order chi connectivity index (χ0) is 15.5. The molecule has 2 N–H and O–H groups in total. The van der Waals surface area contributed by atoms with E-state index in [4.69, 9.17) is 0 Å². The van der Waals surface area contributed by atoms with E-state index in [1.54, 1.807) is 0 Å². The van der Waals surface area contributed by atoms with Crippen molar-refractivity contribution in [1.82, 2.24) is 10.6 Å². The summed E-state index contributed by atoms with van der Waals surface area (Å²) in [7, 11) is 0. The van der Waals surface area contributed by atoms with Crippen LogP contribution in [0.1, 0.15) is 30.1 Å². The average Bonchev–Trinajstić information content (AvgIpc) is 2.37. The number of carbonyl (C=O) groups is 1. The summed E-state index contributed by atoms with van der Waals surface area (Å²) in [6, 6.07) is 5.33. The summed E-state index contributed by atoms with van der Waals surface area (Å²) in [6.07, 6.45) is -3.05. The van der Waals surface area contributed by atoms with Gasteiger partial charge in [-0.1, -0.05) is 0 Å². The maximum absolute atomic E-state index is 12.0. The summed E-state index contributed by atoms with van der Waals surface area (Å²) < 4.78 is 39.9. The van der Waals surface area contributed by atoms with Gasteiger partial charge in [-0.2, -0.15) is 0 Å². The number of carbonyl (C=O) groups excluding carboxylic acids is 1. The van der Waals surface area contributed by atoms with Crippen LogP contribution in [0.4, 0.5) is 13.2 Å². The first-order valence-electron chi connectivity index (χ1n) is 6.73. The quantitative estimate of drug-likeness (QED) is 0.891. The lowest BCUT2D eigenvalue weighted by Gasteiger charge is -2.28. The predicted octanol–water partition coefficient (Wildman–Crippen LogP) is 2.88. The summed E-state index contributed by atoms with van der Waals surface area (Å²) in [6.45, 7) is 2.88. The van der Waals surface area contributed by atoms with Gasteiger partial charge >= 0.3 is 6.36 Å². The first-order valence-corrected chi connectivity index (χ1v) is 6.73. The molecule has 1 heterocycles. The molecule has 0 spiro atoms. The van der Waals surface area contributed by atoms with Crippen LogP contribution in [0.2, 0.25) is 0 Å². The first-order chi connectivity index (χ1) is 9.83. The smallest absolute Gasteiger partial charge is 0.406 e. The van der Waals surface area contributed by atoms with Gasteiger partial charge in [-0.25, -0.2) is 0 Å². The van der Waals surface area contributed by atoms with Gasteiger partial charge in [-0.05, 0) is 50.6 Å². The highest BCUT2D eigenvalue weighted by Crippen LogP contribution is 2.22. The van der Waals surface area contributed by atoms with Gasteiger partial charge in [0.15, 0.2) is 0 Å². The Kier molecular flexibility index (Phi) is 6.49. The zero-order valence-corrected chi connectivity index (χ0v) is 12.8. The zero-order valence-electron chi connectivity index (χ0n) is 11.9. The molecule has 1 aromatic rings. The van der Waals surface area contributed by atoms with Crippen LogP contribution in [0, 0.1) is 0 Å². The lowest BCUT2D eigenvalue weighted by atomic mass is 10.0. The second-order valence-electron chi connectivity index (χ2n) is 5.12. The van der Waals surface area contributed by atoms with Crippen molar-refractivity contribution in [2.45, 2.75) is 38.2 Å². The number of hydrogen-bond acceptors (Lipinski definition) is 3. The van der Waals surface area contributed by atoms with E-state index in [9.17, 15) is 18.0 Å². The van der Waals surface area contributed by atoms with E-state index in [-0.39, 0.29) is 30.1 Å². The van der Waals surface area contributed by atoms with E-state index in [0.717, 1.165) is 31.5 Å². The van der Waals surface area contributed by atoms with Crippen LogP contribution < -0.4 is 15.4 Å². The number of halogens is 4. The largest absolute Gasteiger partial charge is 0.573 e. The molecular weight excluding hydrogens is 321 g/mol. The molecule has 1 saturated heterocycles. The normalized spacial score (nSPS) is 21.6. The number of alkyl halides is 3. The van der Waals surface area contributed by atoms with Gasteiger partial charge in [-0.3, -0.25) is 4.79 Å². The number of ether oxygens (including phenoxy) is 1. The van der Waals surface area contributed by atoms with E-state index < -0.39 is 6.36 Å². The van der Waals surface area contributed by atoms with Crippen molar-refractivity contribution in [3.63, 3.8) is 0 Å². The molecule has 0 saturated carbocycles. The predicted molar refractivity (Wildman–Crippen MR) is 78.3 cm³/mol. The van der Waals surface area contributed by atoms with Gasteiger partial charge in [0, 0.05) is 17.6 Å². The third kappa shape index (κ3) is 5.73. The van der Waals surface area contributed by atoms with Gasteiger partial charge in [0.1, 0.15) is 5.75 Å². The number of amides is 1. The number of benzene rings is 1. The molecule has 0 bridgehead atoms. The van der Waals surface area contributed by atoms with Gasteiger partial charge in [0.05, 0.1) is 0 Å². The number of hydrogen-bond donors (Lipinski definition) is 2. The van der Waals surface area contributed by atoms with Crippen molar-refractivity contribution in [1.29, 1.82) is 0 Å². The van der Waals surface area contributed by atoms with Crippen LogP contribution in [0.25, 0.3) is 0 Å². The van der Waals surface area contributed by atoms with Crippen LogP contribution in [0.5, 0.6) is 5.75 Å². The van der Waals surface area contributed by atoms with Crippen LogP contribution in [0.3, 0.4) is 0 Å². The van der Waals surface area contributed by atoms with E-state index in [0.29, 0.717) is 11.6 Å². The van der Waals surface area contributed by atoms with Crippen LogP contribution in [-0.4, -0.2) is 30.9 Å². The Morgan fingerprint density at radius 1 is 1.32 bits per heavy atom. The van der Waals surface area contributed by atoms with Crippen molar-refractivity contribution in [3.8, 4) is 5.75 Å². The minimum Gasteiger partial charge on any atom is -0.406 e. The molecule has 22 heavy (non-hydrogen) atoms. The monoisotopic (exact) mass is 338 g/mol. The van der Waals surface area contributed by atoms with Crippen molar-refractivity contribution in [2.24, 2.45) is 0 Å². The van der Waals surface area contributed by atoms with Gasteiger partial charge in [0.25, 0.3) is 5.91 Å². The maximum atomic E-state index is 12.0. The highest BCUT2D eigenvalue weighted by molar-refractivity contribution is 5.94. The second-order valence-corrected chi connectivity index (χ2v) is 5.12. The topological polar surface area (TPSA) is 50.4 Å². The van der Waals surface area contributed by atoms with Crippen LogP contribution in [-0.2, 0) is 0 Å². The Labute approximate surface area is 132 Å². The molecule has 0 aliphatic carbocycles. The Morgan fingerprint density at radius 2 is 1.95 bits per heavy atom. The third-order valence-corrected chi connectivity index (χ3v) is 3.31. The summed E-state index contributed by atoms with van der Waals surface area (Å²) in [5.41, 5.74) is 0.315. The molecule has 2 atom stereocenters. The van der Waals surface area contributed by atoms with Crippen LogP contribution >= 0.6 is 12.4 Å². The van der Waals surface area contributed by atoms with E-state index in [2.05, 4.69) is 15.4 Å². The molecule has 124 valence electrons. The highest BCUT2D eigenvalue weighted by atomic mass is 35.5. The first kappa shape index (κ1) is 18.6. The number of piperidine rings is 1. The number of rotatable bonds is 3. The molecular formula is C14H18ClF3N2O2. The minimum absolute atomic E-state index is 0. The summed E-state index contributed by atoms with van der Waals surface area (Å²) in [5, 5.41) is 6.17. The fourth-order valence-electron chi connectivity index (χ4n) is 2.34. The van der Waals surface area contributed by atoms with Crippen LogP contribution in [0.15, 0.2) is 24.3 Å². The SMILES string of the molecule is CC1CC(NC(=O)c2ccc(OC(F)(F)F)cc2)CCN1.Cl. The molecule has 1 fully saturated rings. The van der Waals surface area contributed by atoms with E-state index in [1.165, 1.54) is 12.1 Å². The molecule has 1 aliphatic rings. The molecule has 8 heteroatoms. The average molecular weight is 339 g/mol. The van der Waals surface area contributed by atoms with Crippen molar-refractivity contribution >= 4 is 18.3 Å². The summed E-state index contributed by atoms with van der Waals surface area (Å²) in [5.74, 6) is -0.623. The van der Waals surface area contributed by atoms with Gasteiger partial charge in [-0.15, -0.1) is 25.6 Å². The summed E-state index contributed by atoms with van der Waals surface area (Å²) in [4.78, 5) is 12.0. The van der Waals surface area contributed by atoms with Gasteiger partial charge < -0.3 is 15.4 Å². The molecule has 4 nitrogen and oxygen atoms in total. The minimum atomic E-state index is -4.73. The van der Waals surface area contributed by atoms with Gasteiger partial charge in [0.2, 0.25) is 0 Å². The Hall–Kier alpha value is -1.47. The lowest BCUT2D eigenvalue weighted by Crippen LogP contribution is -2.46. The molecule has 2 rings (SSSR count). The van der Waals surface area contributed by atoms with Crippen molar-refractivity contribution in [2.75, 3.05) is 6.54 Å². The third-order valence-electron chi connectivity index (χ3n) is 3.31. The summed E-state index contributed by atoms with van der Waals surface area (Å²) >= 11 is 0. The number of nitrogens with one attached hydrogen (secondary N) is 2. The van der Waals surface area contributed by atoms with Crippen molar-refractivity contribution < 1.29 is 22.7 Å². The lowest BCUT2D eigenvalue weighted by molar-refractivity contribution is -0.274. The highest BCUT2D eigenvalue weighted by Gasteiger charge is 2.31. The molecule has 1 aromatic carbocycles. The molecule has 0 aromatic heterocycles. The van der Waals surface area contributed by atoms with E-state index >= 15 is 0 Å². The van der Waals surface area contributed by atoms with E-state index in [1.807, 2.05) is 6.92 Å². The molecule has 1 amide bonds. The standard InChI is InChI=1S/C14H17F3N2O2.ClH/c1-9-8-11(6-7-18-9)19-13(20)10-2-4-12(5-3-10)21-14(15,16)17;/h2-5,9,11,18H,6-8H2,1H3,(H,19,20);1H. The Bertz CT molecular complexity index is 494. The molecule has 0 radical (unpaired) electrons. The molecule has 1 aliphatic heterocycles. The fourth-order valence-corrected chi connectivity index (χ4v) is 2.34. The Balaban J connectivity index is 0.00000242. The van der Waals surface area contributed by atoms with Crippen molar-refractivity contribution in [3.05, 3.63) is 29.8 Å². The fraction of sp³-hybridized carbons (Fsp3) is 0.500. The maximum Gasteiger partial charge on any atom is 0.573 e. The molecule has 2 unspecified atom stereocenters. The Morgan fingerprint density at radius 3 is 2.50 bits per heavy atom.